The summed E-state index contributed by atoms with van der Waals surface area (Å²) in [7, 11) is 0. The summed E-state index contributed by atoms with van der Waals surface area (Å²) < 4.78 is 1.77. The van der Waals surface area contributed by atoms with Gasteiger partial charge in [0.2, 0.25) is 0 Å². The summed E-state index contributed by atoms with van der Waals surface area (Å²) in [5, 5.41) is 8.46. The van der Waals surface area contributed by atoms with Crippen LogP contribution in [0.4, 0.5) is 0 Å². The standard InChI is InChI=1S/C16H18Cl2N4O/c1-9(8-19)20-16(23)15-11-3-2-4-13(11)22(21-15)14-6-5-10(17)7-12(14)18/h5-7,9H,2-4,8,19H2,1H3,(H,20,23)/t9-/m0/s1. The van der Waals surface area contributed by atoms with E-state index in [2.05, 4.69) is 10.4 Å². The van der Waals surface area contributed by atoms with Crippen LogP contribution < -0.4 is 11.1 Å². The number of carbonyl (C=O) groups excluding carboxylic acids is 1. The van der Waals surface area contributed by atoms with Gasteiger partial charge in [0.15, 0.2) is 5.69 Å². The van der Waals surface area contributed by atoms with Crippen molar-refractivity contribution in [3.63, 3.8) is 0 Å². The molecule has 0 bridgehead atoms. The van der Waals surface area contributed by atoms with E-state index in [9.17, 15) is 4.79 Å². The fourth-order valence-electron chi connectivity index (χ4n) is 2.82. The molecule has 1 aromatic carbocycles. The lowest BCUT2D eigenvalue weighted by molar-refractivity contribution is 0.0935. The highest BCUT2D eigenvalue weighted by atomic mass is 35.5. The number of carbonyl (C=O) groups is 1. The second-order valence-electron chi connectivity index (χ2n) is 5.75. The Kier molecular flexibility index (Phi) is 4.62. The second-order valence-corrected chi connectivity index (χ2v) is 6.59. The van der Waals surface area contributed by atoms with Crippen molar-refractivity contribution in [1.29, 1.82) is 0 Å². The van der Waals surface area contributed by atoms with Crippen LogP contribution in [0.15, 0.2) is 18.2 Å². The third-order valence-electron chi connectivity index (χ3n) is 4.01. The molecule has 0 saturated carbocycles. The van der Waals surface area contributed by atoms with E-state index in [1.807, 2.05) is 13.0 Å². The van der Waals surface area contributed by atoms with E-state index >= 15 is 0 Å². The van der Waals surface area contributed by atoms with Gasteiger partial charge in [-0.1, -0.05) is 23.2 Å². The normalized spacial score (nSPS) is 14.6. The molecule has 0 saturated heterocycles. The minimum Gasteiger partial charge on any atom is -0.347 e. The first kappa shape index (κ1) is 16.3. The molecule has 0 radical (unpaired) electrons. The average Bonchev–Trinajstić information content (AvgIpc) is 3.09. The van der Waals surface area contributed by atoms with E-state index in [1.54, 1.807) is 16.8 Å². The van der Waals surface area contributed by atoms with Crippen LogP contribution in [0, 0.1) is 0 Å². The number of amides is 1. The monoisotopic (exact) mass is 352 g/mol. The molecule has 1 aliphatic carbocycles. The molecule has 3 rings (SSSR count). The summed E-state index contributed by atoms with van der Waals surface area (Å²) in [5.74, 6) is -0.190. The zero-order chi connectivity index (χ0) is 16.6. The maximum atomic E-state index is 12.5. The quantitative estimate of drug-likeness (QED) is 0.888. The minimum absolute atomic E-state index is 0.0937. The molecule has 1 atom stereocenters. The van der Waals surface area contributed by atoms with Crippen LogP contribution in [-0.2, 0) is 12.8 Å². The Morgan fingerprint density at radius 1 is 1.43 bits per heavy atom. The number of nitrogens with zero attached hydrogens (tertiary/aromatic N) is 2. The van der Waals surface area contributed by atoms with Crippen molar-refractivity contribution in [2.24, 2.45) is 5.73 Å². The zero-order valence-electron chi connectivity index (χ0n) is 12.8. The van der Waals surface area contributed by atoms with E-state index in [0.717, 1.165) is 36.2 Å². The molecule has 2 aromatic rings. The molecular formula is C16H18Cl2N4O. The largest absolute Gasteiger partial charge is 0.347 e. The highest BCUT2D eigenvalue weighted by Crippen LogP contribution is 2.31. The summed E-state index contributed by atoms with van der Waals surface area (Å²) >= 11 is 12.3. The number of hydrogen-bond acceptors (Lipinski definition) is 3. The molecule has 3 N–H and O–H groups in total. The van der Waals surface area contributed by atoms with Crippen molar-refractivity contribution in [2.75, 3.05) is 6.54 Å². The van der Waals surface area contributed by atoms with Crippen molar-refractivity contribution in [3.05, 3.63) is 45.2 Å². The summed E-state index contributed by atoms with van der Waals surface area (Å²) in [5.41, 5.74) is 8.81. The molecule has 5 nitrogen and oxygen atoms in total. The van der Waals surface area contributed by atoms with Gasteiger partial charge in [0.1, 0.15) is 0 Å². The van der Waals surface area contributed by atoms with Crippen LogP contribution in [0.25, 0.3) is 5.69 Å². The Morgan fingerprint density at radius 2 is 2.22 bits per heavy atom. The van der Waals surface area contributed by atoms with Crippen molar-refractivity contribution in [3.8, 4) is 5.69 Å². The molecule has 0 unspecified atom stereocenters. The van der Waals surface area contributed by atoms with Crippen LogP contribution >= 0.6 is 23.2 Å². The first-order chi connectivity index (χ1) is 11.0. The molecule has 0 fully saturated rings. The molecule has 0 spiro atoms. The Balaban J connectivity index is 2.03. The lowest BCUT2D eigenvalue weighted by Crippen LogP contribution is -2.38. The van der Waals surface area contributed by atoms with Gasteiger partial charge in [-0.15, -0.1) is 0 Å². The van der Waals surface area contributed by atoms with Crippen molar-refractivity contribution in [2.45, 2.75) is 32.2 Å². The third-order valence-corrected chi connectivity index (χ3v) is 4.55. The summed E-state index contributed by atoms with van der Waals surface area (Å²) in [6, 6.07) is 5.17. The predicted octanol–water partition coefficient (Wildman–Crippen LogP) is 2.74. The number of nitrogens with one attached hydrogen (secondary N) is 1. The highest BCUT2D eigenvalue weighted by molar-refractivity contribution is 6.35. The van der Waals surface area contributed by atoms with Crippen molar-refractivity contribution >= 4 is 29.1 Å². The molecule has 1 aliphatic rings. The zero-order valence-corrected chi connectivity index (χ0v) is 14.3. The van der Waals surface area contributed by atoms with Crippen LogP contribution in [0.3, 0.4) is 0 Å². The summed E-state index contributed by atoms with van der Waals surface area (Å²) in [6.07, 6.45) is 2.73. The number of rotatable bonds is 4. The maximum Gasteiger partial charge on any atom is 0.272 e. The van der Waals surface area contributed by atoms with Gasteiger partial charge in [0.25, 0.3) is 5.91 Å². The van der Waals surface area contributed by atoms with Gasteiger partial charge < -0.3 is 11.1 Å². The maximum absolute atomic E-state index is 12.5. The number of nitrogens with two attached hydrogens (primary N) is 1. The number of hydrogen-bond donors (Lipinski definition) is 2. The predicted molar refractivity (Wildman–Crippen MR) is 91.6 cm³/mol. The fraction of sp³-hybridized carbons (Fsp3) is 0.375. The average molecular weight is 353 g/mol. The number of aromatic nitrogens is 2. The van der Waals surface area contributed by atoms with E-state index in [1.165, 1.54) is 0 Å². The molecule has 1 aromatic heterocycles. The first-order valence-electron chi connectivity index (χ1n) is 7.58. The molecular weight excluding hydrogens is 335 g/mol. The van der Waals surface area contributed by atoms with Gasteiger partial charge in [-0.3, -0.25) is 4.79 Å². The van der Waals surface area contributed by atoms with Gasteiger partial charge in [-0.25, -0.2) is 4.68 Å². The number of fused-ring (bicyclic) bond motifs is 1. The molecule has 1 heterocycles. The van der Waals surface area contributed by atoms with E-state index in [4.69, 9.17) is 28.9 Å². The van der Waals surface area contributed by atoms with Crippen molar-refractivity contribution < 1.29 is 4.79 Å². The number of halogens is 2. The number of benzene rings is 1. The van der Waals surface area contributed by atoms with Crippen molar-refractivity contribution in [1.82, 2.24) is 15.1 Å². The summed E-state index contributed by atoms with van der Waals surface area (Å²) in [4.78, 5) is 12.5. The molecule has 1 amide bonds. The topological polar surface area (TPSA) is 72.9 Å². The van der Waals surface area contributed by atoms with Crippen LogP contribution in [0.5, 0.6) is 0 Å². The second kappa shape index (κ2) is 6.51. The van der Waals surface area contributed by atoms with Gasteiger partial charge in [0.05, 0.1) is 10.7 Å². The lowest BCUT2D eigenvalue weighted by Gasteiger charge is -2.10. The first-order valence-corrected chi connectivity index (χ1v) is 8.34. The Morgan fingerprint density at radius 3 is 2.91 bits per heavy atom. The molecule has 23 heavy (non-hydrogen) atoms. The smallest absolute Gasteiger partial charge is 0.272 e. The molecule has 122 valence electrons. The van der Waals surface area contributed by atoms with Gasteiger partial charge in [-0.05, 0) is 44.4 Å². The van der Waals surface area contributed by atoms with Crippen LogP contribution in [0.1, 0.15) is 35.1 Å². The van der Waals surface area contributed by atoms with E-state index in [0.29, 0.717) is 22.3 Å². The van der Waals surface area contributed by atoms with E-state index < -0.39 is 0 Å². The van der Waals surface area contributed by atoms with Gasteiger partial charge >= 0.3 is 0 Å². The minimum atomic E-state index is -0.190. The molecule has 0 aliphatic heterocycles. The fourth-order valence-corrected chi connectivity index (χ4v) is 3.31. The Labute approximate surface area is 144 Å². The highest BCUT2D eigenvalue weighted by Gasteiger charge is 2.28. The van der Waals surface area contributed by atoms with E-state index in [-0.39, 0.29) is 11.9 Å². The van der Waals surface area contributed by atoms with Crippen LogP contribution in [-0.4, -0.2) is 28.3 Å². The Bertz CT molecular complexity index is 757. The SMILES string of the molecule is C[C@@H](CN)NC(=O)c1nn(-c2ccc(Cl)cc2Cl)c2c1CCC2. The Hall–Kier alpha value is -1.56. The molecule has 7 heteroatoms. The summed E-state index contributed by atoms with van der Waals surface area (Å²) in [6.45, 7) is 2.25. The van der Waals surface area contributed by atoms with Gasteiger partial charge in [0, 0.05) is 28.9 Å². The van der Waals surface area contributed by atoms with Crippen LogP contribution in [0.2, 0.25) is 10.0 Å². The van der Waals surface area contributed by atoms with Gasteiger partial charge in [-0.2, -0.15) is 5.10 Å². The lowest BCUT2D eigenvalue weighted by atomic mass is 10.2. The third kappa shape index (κ3) is 3.09.